The number of hydrogen-bond acceptors (Lipinski definition) is 4. The molecule has 0 unspecified atom stereocenters. The van der Waals surface area contributed by atoms with E-state index in [-0.39, 0.29) is 13.2 Å². The van der Waals surface area contributed by atoms with Crippen LogP contribution in [-0.2, 0) is 19.1 Å². The molecule has 0 saturated carbocycles. The number of esters is 1. The molecule has 0 saturated heterocycles. The standard InChI is InChI=1S/C9H16O4/c1-9(2,3)13-8(11)7-12-6-4-5-10/h5H,4,6-7H2,1-3H3. The van der Waals surface area contributed by atoms with E-state index in [1.165, 1.54) is 0 Å². The first-order chi connectivity index (χ1) is 5.95. The van der Waals surface area contributed by atoms with E-state index in [1.807, 2.05) is 0 Å². The van der Waals surface area contributed by atoms with E-state index >= 15 is 0 Å². The summed E-state index contributed by atoms with van der Waals surface area (Å²) in [6, 6.07) is 0. The van der Waals surface area contributed by atoms with Gasteiger partial charge < -0.3 is 14.3 Å². The van der Waals surface area contributed by atoms with Gasteiger partial charge in [0.1, 0.15) is 18.5 Å². The van der Waals surface area contributed by atoms with Gasteiger partial charge in [0.05, 0.1) is 6.61 Å². The molecule has 76 valence electrons. The maximum Gasteiger partial charge on any atom is 0.332 e. The molecular weight excluding hydrogens is 172 g/mol. The lowest BCUT2D eigenvalue weighted by Crippen LogP contribution is -2.26. The second-order valence-corrected chi connectivity index (χ2v) is 3.59. The Morgan fingerprint density at radius 1 is 1.38 bits per heavy atom. The van der Waals surface area contributed by atoms with Gasteiger partial charge in [0, 0.05) is 6.42 Å². The van der Waals surface area contributed by atoms with Crippen molar-refractivity contribution in [1.82, 2.24) is 0 Å². The van der Waals surface area contributed by atoms with E-state index in [1.54, 1.807) is 20.8 Å². The SMILES string of the molecule is CC(C)(C)OC(=O)COCCC=O. The highest BCUT2D eigenvalue weighted by atomic mass is 16.6. The topological polar surface area (TPSA) is 52.6 Å². The maximum absolute atomic E-state index is 11.0. The van der Waals surface area contributed by atoms with Crippen LogP contribution < -0.4 is 0 Å². The van der Waals surface area contributed by atoms with Crippen molar-refractivity contribution in [1.29, 1.82) is 0 Å². The fourth-order valence-electron chi connectivity index (χ4n) is 0.658. The molecule has 0 fully saturated rings. The Bertz CT molecular complexity index is 169. The maximum atomic E-state index is 11.0. The van der Waals surface area contributed by atoms with Gasteiger partial charge in [-0.3, -0.25) is 0 Å². The van der Waals surface area contributed by atoms with Crippen LogP contribution in [0, 0.1) is 0 Å². The van der Waals surface area contributed by atoms with Gasteiger partial charge in [-0.1, -0.05) is 0 Å². The minimum Gasteiger partial charge on any atom is -0.458 e. The molecular formula is C9H16O4. The van der Waals surface area contributed by atoms with E-state index in [4.69, 9.17) is 9.47 Å². The highest BCUT2D eigenvalue weighted by molar-refractivity contribution is 5.71. The Morgan fingerprint density at radius 2 is 2.00 bits per heavy atom. The molecule has 0 aliphatic rings. The lowest BCUT2D eigenvalue weighted by Gasteiger charge is -2.19. The smallest absolute Gasteiger partial charge is 0.332 e. The van der Waals surface area contributed by atoms with Gasteiger partial charge in [-0.25, -0.2) is 4.79 Å². The van der Waals surface area contributed by atoms with Crippen molar-refractivity contribution in [3.05, 3.63) is 0 Å². The molecule has 4 nitrogen and oxygen atoms in total. The molecule has 0 aromatic rings. The van der Waals surface area contributed by atoms with Gasteiger partial charge in [0.2, 0.25) is 0 Å². The van der Waals surface area contributed by atoms with Gasteiger partial charge >= 0.3 is 5.97 Å². The molecule has 0 aliphatic heterocycles. The molecule has 4 heteroatoms. The predicted molar refractivity (Wildman–Crippen MR) is 47.3 cm³/mol. The van der Waals surface area contributed by atoms with Crippen LogP contribution in [0.15, 0.2) is 0 Å². The normalized spacial score (nSPS) is 11.0. The van der Waals surface area contributed by atoms with E-state index in [2.05, 4.69) is 0 Å². The molecule has 0 aromatic heterocycles. The number of carbonyl (C=O) groups excluding carboxylic acids is 2. The van der Waals surface area contributed by atoms with Gasteiger partial charge in [0.15, 0.2) is 0 Å². The van der Waals surface area contributed by atoms with Crippen LogP contribution in [0.5, 0.6) is 0 Å². The number of hydrogen-bond donors (Lipinski definition) is 0. The second-order valence-electron chi connectivity index (χ2n) is 3.59. The molecule has 0 radical (unpaired) electrons. The summed E-state index contributed by atoms with van der Waals surface area (Å²) in [5.41, 5.74) is -0.481. The van der Waals surface area contributed by atoms with Crippen LogP contribution in [0.1, 0.15) is 27.2 Å². The van der Waals surface area contributed by atoms with Crippen molar-refractivity contribution >= 4 is 12.3 Å². The van der Waals surface area contributed by atoms with E-state index in [9.17, 15) is 9.59 Å². The summed E-state index contributed by atoms with van der Waals surface area (Å²) in [5, 5.41) is 0. The molecule has 0 amide bonds. The van der Waals surface area contributed by atoms with Crippen molar-refractivity contribution < 1.29 is 19.1 Å². The highest BCUT2D eigenvalue weighted by Gasteiger charge is 2.15. The summed E-state index contributed by atoms with van der Waals surface area (Å²) >= 11 is 0. The molecule has 0 heterocycles. The third kappa shape index (κ3) is 9.01. The Kier molecular flexibility index (Phi) is 5.30. The van der Waals surface area contributed by atoms with Crippen LogP contribution in [0.3, 0.4) is 0 Å². The Balaban J connectivity index is 3.47. The molecule has 0 spiro atoms. The molecule has 0 aliphatic carbocycles. The van der Waals surface area contributed by atoms with E-state index in [0.717, 1.165) is 6.29 Å². The Labute approximate surface area is 78.2 Å². The minimum absolute atomic E-state index is 0.0922. The quantitative estimate of drug-likeness (QED) is 0.366. The first kappa shape index (κ1) is 12.1. The van der Waals surface area contributed by atoms with Crippen LogP contribution in [0.4, 0.5) is 0 Å². The number of ether oxygens (including phenoxy) is 2. The van der Waals surface area contributed by atoms with Crippen LogP contribution in [0.2, 0.25) is 0 Å². The van der Waals surface area contributed by atoms with Gasteiger partial charge in [-0.2, -0.15) is 0 Å². The van der Waals surface area contributed by atoms with Crippen molar-refractivity contribution in [2.45, 2.75) is 32.8 Å². The summed E-state index contributed by atoms with van der Waals surface area (Å²) in [6.45, 7) is 5.54. The monoisotopic (exact) mass is 188 g/mol. The second kappa shape index (κ2) is 5.70. The van der Waals surface area contributed by atoms with Crippen molar-refractivity contribution in [2.75, 3.05) is 13.2 Å². The largest absolute Gasteiger partial charge is 0.458 e. The molecule has 0 N–H and O–H groups in total. The predicted octanol–water partition coefficient (Wildman–Crippen LogP) is 0.934. The molecule has 0 rings (SSSR count). The number of aldehydes is 1. The molecule has 0 bridgehead atoms. The first-order valence-corrected chi connectivity index (χ1v) is 4.19. The summed E-state index contributed by atoms with van der Waals surface area (Å²) in [6.07, 6.45) is 1.05. The van der Waals surface area contributed by atoms with Gasteiger partial charge in [0.25, 0.3) is 0 Å². The zero-order chi connectivity index (χ0) is 10.3. The Morgan fingerprint density at radius 3 is 2.46 bits per heavy atom. The zero-order valence-electron chi connectivity index (χ0n) is 8.33. The van der Waals surface area contributed by atoms with Crippen LogP contribution in [0.25, 0.3) is 0 Å². The third-order valence-electron chi connectivity index (χ3n) is 1.02. The van der Waals surface area contributed by atoms with Crippen LogP contribution in [-0.4, -0.2) is 31.1 Å². The zero-order valence-corrected chi connectivity index (χ0v) is 8.33. The number of carbonyl (C=O) groups is 2. The number of rotatable bonds is 5. The average Bonchev–Trinajstić information content (AvgIpc) is 1.94. The van der Waals surface area contributed by atoms with Gasteiger partial charge in [-0.05, 0) is 20.8 Å². The van der Waals surface area contributed by atoms with Crippen molar-refractivity contribution in [2.24, 2.45) is 0 Å². The summed E-state index contributed by atoms with van der Waals surface area (Å²) in [5.74, 6) is -0.404. The fraction of sp³-hybridized carbons (Fsp3) is 0.778. The Hall–Kier alpha value is -0.900. The summed E-state index contributed by atoms with van der Waals surface area (Å²) in [4.78, 5) is 20.9. The average molecular weight is 188 g/mol. The summed E-state index contributed by atoms with van der Waals surface area (Å²) in [7, 11) is 0. The van der Waals surface area contributed by atoms with Crippen molar-refractivity contribution in [3.63, 3.8) is 0 Å². The highest BCUT2D eigenvalue weighted by Crippen LogP contribution is 2.06. The molecule has 0 aromatic carbocycles. The van der Waals surface area contributed by atoms with E-state index in [0.29, 0.717) is 6.42 Å². The molecule has 0 atom stereocenters. The van der Waals surface area contributed by atoms with Crippen molar-refractivity contribution in [3.8, 4) is 0 Å². The fourth-order valence-corrected chi connectivity index (χ4v) is 0.658. The lowest BCUT2D eigenvalue weighted by atomic mass is 10.2. The lowest BCUT2D eigenvalue weighted by molar-refractivity contribution is -0.160. The van der Waals surface area contributed by atoms with E-state index < -0.39 is 11.6 Å². The minimum atomic E-state index is -0.481. The first-order valence-electron chi connectivity index (χ1n) is 4.19. The summed E-state index contributed by atoms with van der Waals surface area (Å²) < 4.78 is 9.84. The van der Waals surface area contributed by atoms with Crippen LogP contribution >= 0.6 is 0 Å². The third-order valence-corrected chi connectivity index (χ3v) is 1.02. The van der Waals surface area contributed by atoms with Gasteiger partial charge in [-0.15, -0.1) is 0 Å². The molecule has 13 heavy (non-hydrogen) atoms.